The van der Waals surface area contributed by atoms with E-state index in [1.54, 1.807) is 16.3 Å². The van der Waals surface area contributed by atoms with Crippen LogP contribution in [0.4, 0.5) is 11.4 Å². The van der Waals surface area contributed by atoms with Crippen LogP contribution in [0.5, 0.6) is 0 Å². The number of hydrogen-bond acceptors (Lipinski definition) is 6. The number of para-hydroxylation sites is 2. The molecule has 0 fully saturated rings. The van der Waals surface area contributed by atoms with Crippen molar-refractivity contribution in [3.05, 3.63) is 110 Å². The number of carbonyl (C=O) groups excluding carboxylic acids is 1. The van der Waals surface area contributed by atoms with Crippen LogP contribution in [0, 0.1) is 0 Å². The van der Waals surface area contributed by atoms with Gasteiger partial charge in [0, 0.05) is 11.9 Å². The van der Waals surface area contributed by atoms with E-state index in [4.69, 9.17) is 0 Å². The molecule has 1 amide bonds. The molecule has 0 bridgehead atoms. The molecule has 0 N–H and O–H groups in total. The Morgan fingerprint density at radius 1 is 0.861 bits per heavy atom. The van der Waals surface area contributed by atoms with Crippen molar-refractivity contribution < 1.29 is 4.79 Å². The third-order valence-corrected chi connectivity index (χ3v) is 8.79. The SMILES string of the molecule is CC1=NN(c2ccccc2)C(=O)/C1=c1/s/c(=C2\Sc3ccccc3N2C)c(=O)n1Cc1ccccc1. The fraction of sp³-hybridized carbons (Fsp3) is 0.107. The molecular formula is C28H22N4O2S2. The molecule has 2 aliphatic rings. The Hall–Kier alpha value is -3.88. The minimum atomic E-state index is -0.228. The molecule has 36 heavy (non-hydrogen) atoms. The van der Waals surface area contributed by atoms with Gasteiger partial charge in [-0.05, 0) is 36.8 Å². The number of fused-ring (bicyclic) bond motifs is 1. The van der Waals surface area contributed by atoms with Gasteiger partial charge in [0.15, 0.2) is 0 Å². The average Bonchev–Trinajstić information content (AvgIpc) is 3.51. The van der Waals surface area contributed by atoms with E-state index >= 15 is 0 Å². The lowest BCUT2D eigenvalue weighted by molar-refractivity contribution is -0.112. The Kier molecular flexibility index (Phi) is 5.62. The Balaban J connectivity index is 1.59. The largest absolute Gasteiger partial charge is 0.337 e. The predicted octanol–water partition coefficient (Wildman–Crippen LogP) is 3.84. The molecule has 0 radical (unpaired) electrons. The Labute approximate surface area is 216 Å². The number of nitrogens with zero attached hydrogens (tertiary/aromatic N) is 4. The van der Waals surface area contributed by atoms with Crippen LogP contribution >= 0.6 is 23.1 Å². The van der Waals surface area contributed by atoms with E-state index in [1.165, 1.54) is 16.3 Å². The third kappa shape index (κ3) is 3.70. The number of thiazole rings is 1. The van der Waals surface area contributed by atoms with Crippen molar-refractivity contribution in [2.75, 3.05) is 17.0 Å². The van der Waals surface area contributed by atoms with Crippen molar-refractivity contribution >= 4 is 56.7 Å². The highest BCUT2D eigenvalue weighted by Crippen LogP contribution is 2.44. The maximum absolute atomic E-state index is 13.9. The number of carbonyl (C=O) groups is 1. The highest BCUT2D eigenvalue weighted by molar-refractivity contribution is 8.08. The number of hydrazone groups is 1. The fourth-order valence-electron chi connectivity index (χ4n) is 4.44. The zero-order valence-corrected chi connectivity index (χ0v) is 21.3. The van der Waals surface area contributed by atoms with E-state index in [1.807, 2.05) is 86.8 Å². The van der Waals surface area contributed by atoms with Gasteiger partial charge >= 0.3 is 0 Å². The van der Waals surface area contributed by atoms with E-state index in [2.05, 4.69) is 22.1 Å². The average molecular weight is 511 g/mol. The quantitative estimate of drug-likeness (QED) is 0.420. The summed E-state index contributed by atoms with van der Waals surface area (Å²) in [7, 11) is 1.98. The smallest absolute Gasteiger partial charge is 0.283 e. The van der Waals surface area contributed by atoms with Gasteiger partial charge in [-0.15, -0.1) is 11.3 Å². The number of amides is 1. The van der Waals surface area contributed by atoms with Gasteiger partial charge in [-0.3, -0.25) is 14.2 Å². The van der Waals surface area contributed by atoms with Crippen molar-refractivity contribution in [1.82, 2.24) is 4.57 Å². The normalized spacial score (nSPS) is 18.1. The highest BCUT2D eigenvalue weighted by atomic mass is 32.2. The van der Waals surface area contributed by atoms with E-state index in [9.17, 15) is 9.59 Å². The van der Waals surface area contributed by atoms with Crippen LogP contribution in [0.25, 0.3) is 10.6 Å². The minimum Gasteiger partial charge on any atom is -0.337 e. The first-order chi connectivity index (χ1) is 17.5. The number of thioether (sulfide) groups is 1. The molecule has 3 heterocycles. The van der Waals surface area contributed by atoms with E-state index in [0.29, 0.717) is 32.7 Å². The molecule has 2 aliphatic heterocycles. The topological polar surface area (TPSA) is 57.9 Å². The Morgan fingerprint density at radius 3 is 2.25 bits per heavy atom. The lowest BCUT2D eigenvalue weighted by Crippen LogP contribution is -2.36. The standard InChI is InChI=1S/C28H22N4O2S2/c1-18-23(25(33)32(29-18)20-13-7-4-8-14-20)27-31(17-19-11-5-3-6-12-19)26(34)24(36-27)28-30(2)21-15-9-10-16-22(21)35-28/h3-16H,17H2,1-2H3/b27-23+,28-24-. The summed E-state index contributed by atoms with van der Waals surface area (Å²) >= 11 is 2.95. The summed E-state index contributed by atoms with van der Waals surface area (Å²) in [5.41, 5.74) is 3.71. The second-order valence-electron chi connectivity index (χ2n) is 8.56. The van der Waals surface area contributed by atoms with Crippen LogP contribution in [0.3, 0.4) is 0 Å². The molecule has 0 saturated heterocycles. The zero-order chi connectivity index (χ0) is 24.8. The fourth-order valence-corrected chi connectivity index (χ4v) is 6.98. The number of anilines is 2. The van der Waals surface area contributed by atoms with Crippen molar-refractivity contribution in [3.8, 4) is 0 Å². The molecule has 0 unspecified atom stereocenters. The van der Waals surface area contributed by atoms with Crippen LogP contribution in [0.15, 0.2) is 99.7 Å². The molecule has 6 rings (SSSR count). The van der Waals surface area contributed by atoms with E-state index in [-0.39, 0.29) is 11.5 Å². The van der Waals surface area contributed by atoms with Crippen LogP contribution in [0.1, 0.15) is 12.5 Å². The van der Waals surface area contributed by atoms with Crippen molar-refractivity contribution in [2.45, 2.75) is 18.4 Å². The molecule has 0 atom stereocenters. The first-order valence-corrected chi connectivity index (χ1v) is 13.1. The van der Waals surface area contributed by atoms with E-state index < -0.39 is 0 Å². The number of benzene rings is 3. The Morgan fingerprint density at radius 2 is 1.53 bits per heavy atom. The summed E-state index contributed by atoms with van der Waals surface area (Å²) in [6, 6.07) is 27.3. The molecular weight excluding hydrogens is 488 g/mol. The van der Waals surface area contributed by atoms with Crippen LogP contribution in [0.2, 0.25) is 0 Å². The van der Waals surface area contributed by atoms with Crippen molar-refractivity contribution in [3.63, 3.8) is 0 Å². The van der Waals surface area contributed by atoms with Gasteiger partial charge in [-0.2, -0.15) is 10.1 Å². The number of hydrogen-bond donors (Lipinski definition) is 0. The molecule has 1 aromatic heterocycles. The zero-order valence-electron chi connectivity index (χ0n) is 19.7. The molecule has 6 nitrogen and oxygen atoms in total. The summed E-state index contributed by atoms with van der Waals surface area (Å²) in [5, 5.41) is 6.85. The molecule has 0 spiro atoms. The highest BCUT2D eigenvalue weighted by Gasteiger charge is 2.32. The summed E-state index contributed by atoms with van der Waals surface area (Å²) in [6.45, 7) is 2.20. The van der Waals surface area contributed by atoms with Crippen LogP contribution in [-0.2, 0) is 11.3 Å². The lowest BCUT2D eigenvalue weighted by Gasteiger charge is -2.11. The summed E-state index contributed by atoms with van der Waals surface area (Å²) in [5.74, 6) is -0.228. The van der Waals surface area contributed by atoms with Gasteiger partial charge in [0.25, 0.3) is 11.5 Å². The lowest BCUT2D eigenvalue weighted by atomic mass is 10.2. The molecule has 0 aliphatic carbocycles. The maximum Gasteiger partial charge on any atom is 0.283 e. The van der Waals surface area contributed by atoms with Crippen LogP contribution < -0.4 is 24.7 Å². The number of aromatic nitrogens is 1. The molecule has 8 heteroatoms. The van der Waals surface area contributed by atoms with Crippen LogP contribution in [-0.4, -0.2) is 23.2 Å². The summed E-state index contributed by atoms with van der Waals surface area (Å²) in [6.07, 6.45) is 0. The summed E-state index contributed by atoms with van der Waals surface area (Å²) in [4.78, 5) is 30.7. The predicted molar refractivity (Wildman–Crippen MR) is 148 cm³/mol. The maximum atomic E-state index is 13.9. The second kappa shape index (κ2) is 8.96. The second-order valence-corrected chi connectivity index (χ2v) is 10.6. The molecule has 4 aromatic rings. The van der Waals surface area contributed by atoms with Gasteiger partial charge in [-0.25, -0.2) is 0 Å². The van der Waals surface area contributed by atoms with Crippen molar-refractivity contribution in [1.29, 1.82) is 0 Å². The first-order valence-electron chi connectivity index (χ1n) is 11.5. The number of rotatable bonds is 3. The van der Waals surface area contributed by atoms with Gasteiger partial charge in [0.2, 0.25) is 0 Å². The molecule has 0 saturated carbocycles. The van der Waals surface area contributed by atoms with Gasteiger partial charge in [0.1, 0.15) is 14.2 Å². The monoisotopic (exact) mass is 510 g/mol. The Bertz CT molecular complexity index is 1710. The van der Waals surface area contributed by atoms with Crippen molar-refractivity contribution in [2.24, 2.45) is 5.10 Å². The third-order valence-electron chi connectivity index (χ3n) is 6.23. The molecule has 3 aromatic carbocycles. The van der Waals surface area contributed by atoms with Gasteiger partial charge in [0.05, 0.1) is 29.2 Å². The minimum absolute atomic E-state index is 0.104. The van der Waals surface area contributed by atoms with Gasteiger partial charge in [-0.1, -0.05) is 72.4 Å². The first kappa shape index (κ1) is 22.6. The van der Waals surface area contributed by atoms with Gasteiger partial charge < -0.3 is 4.90 Å². The van der Waals surface area contributed by atoms with E-state index in [0.717, 1.165) is 21.2 Å². The molecule has 178 valence electrons. The summed E-state index contributed by atoms with van der Waals surface area (Å²) < 4.78 is 2.97.